The van der Waals surface area contributed by atoms with E-state index >= 15 is 0 Å². The SMILES string of the molecule is O=C(OCCn1cc(S(=O)(=O)c2ccccc2)c(=O)n(-c2ccc(Cl)cc2)c1=O)c1ccc(Cl)cc1. The van der Waals surface area contributed by atoms with Crippen molar-refractivity contribution in [3.63, 3.8) is 0 Å². The van der Waals surface area contributed by atoms with Crippen molar-refractivity contribution in [3.05, 3.63) is 122 Å². The van der Waals surface area contributed by atoms with E-state index in [1.54, 1.807) is 6.07 Å². The Bertz CT molecular complexity index is 1630. The Morgan fingerprint density at radius 2 is 1.42 bits per heavy atom. The molecule has 0 fully saturated rings. The molecule has 0 amide bonds. The van der Waals surface area contributed by atoms with E-state index < -0.39 is 32.0 Å². The van der Waals surface area contributed by atoms with E-state index in [1.807, 2.05) is 0 Å². The van der Waals surface area contributed by atoms with Gasteiger partial charge in [-0.05, 0) is 60.7 Å². The summed E-state index contributed by atoms with van der Waals surface area (Å²) in [4.78, 5) is 38.1. The molecule has 0 saturated carbocycles. The van der Waals surface area contributed by atoms with Gasteiger partial charge in [0, 0.05) is 16.2 Å². The summed E-state index contributed by atoms with van der Waals surface area (Å²) >= 11 is 11.8. The molecule has 11 heteroatoms. The number of carbonyl (C=O) groups excluding carboxylic acids is 1. The van der Waals surface area contributed by atoms with E-state index in [2.05, 4.69) is 0 Å². The normalized spacial score (nSPS) is 11.3. The molecular weight excluding hydrogens is 527 g/mol. The molecule has 4 aromatic rings. The van der Waals surface area contributed by atoms with E-state index in [1.165, 1.54) is 72.8 Å². The lowest BCUT2D eigenvalue weighted by molar-refractivity contribution is 0.0489. The summed E-state index contributed by atoms with van der Waals surface area (Å²) in [5, 5.41) is 0.823. The first kappa shape index (κ1) is 25.4. The molecule has 0 unspecified atom stereocenters. The first-order chi connectivity index (χ1) is 17.2. The topological polar surface area (TPSA) is 104 Å². The van der Waals surface area contributed by atoms with Crippen LogP contribution in [0.1, 0.15) is 10.4 Å². The summed E-state index contributed by atoms with van der Waals surface area (Å²) in [6.07, 6.45) is 0.968. The molecule has 0 spiro atoms. The Hall–Kier alpha value is -3.66. The van der Waals surface area contributed by atoms with Gasteiger partial charge in [-0.25, -0.2) is 22.6 Å². The molecule has 0 bridgehead atoms. The number of ether oxygens (including phenoxy) is 1. The highest BCUT2D eigenvalue weighted by molar-refractivity contribution is 7.91. The molecule has 0 atom stereocenters. The van der Waals surface area contributed by atoms with Crippen LogP contribution in [0.25, 0.3) is 5.69 Å². The molecule has 36 heavy (non-hydrogen) atoms. The van der Waals surface area contributed by atoms with Crippen molar-refractivity contribution in [2.75, 3.05) is 6.61 Å². The maximum atomic E-state index is 13.3. The van der Waals surface area contributed by atoms with E-state index in [-0.39, 0.29) is 29.3 Å². The third-order valence-electron chi connectivity index (χ3n) is 5.20. The molecule has 0 saturated heterocycles. The van der Waals surface area contributed by atoms with Gasteiger partial charge in [-0.15, -0.1) is 0 Å². The van der Waals surface area contributed by atoms with Crippen molar-refractivity contribution in [3.8, 4) is 5.69 Å². The minimum atomic E-state index is -4.28. The van der Waals surface area contributed by atoms with Crippen LogP contribution in [0, 0.1) is 0 Å². The van der Waals surface area contributed by atoms with Crippen LogP contribution in [0.5, 0.6) is 0 Å². The van der Waals surface area contributed by atoms with E-state index in [9.17, 15) is 22.8 Å². The van der Waals surface area contributed by atoms with Crippen LogP contribution in [0.4, 0.5) is 0 Å². The highest BCUT2D eigenvalue weighted by atomic mass is 35.5. The van der Waals surface area contributed by atoms with Gasteiger partial charge in [0.05, 0.1) is 22.7 Å². The zero-order chi connectivity index (χ0) is 25.9. The second kappa shape index (κ2) is 10.5. The summed E-state index contributed by atoms with van der Waals surface area (Å²) in [7, 11) is -4.28. The maximum Gasteiger partial charge on any atom is 0.338 e. The third kappa shape index (κ3) is 5.28. The van der Waals surface area contributed by atoms with Crippen molar-refractivity contribution >= 4 is 39.0 Å². The van der Waals surface area contributed by atoms with E-state index in [0.717, 1.165) is 15.3 Å². The summed E-state index contributed by atoms with van der Waals surface area (Å²) in [5.74, 6) is -0.650. The number of benzene rings is 3. The molecule has 4 rings (SSSR count). The second-order valence-corrected chi connectivity index (χ2v) is 10.3. The van der Waals surface area contributed by atoms with Crippen molar-refractivity contribution in [2.45, 2.75) is 16.3 Å². The molecule has 184 valence electrons. The number of esters is 1. The fraction of sp³-hybridized carbons (Fsp3) is 0.0800. The van der Waals surface area contributed by atoms with Crippen molar-refractivity contribution < 1.29 is 17.9 Å². The molecule has 8 nitrogen and oxygen atoms in total. The number of hydrogen-bond donors (Lipinski definition) is 0. The van der Waals surface area contributed by atoms with Crippen LogP contribution in [0.3, 0.4) is 0 Å². The molecule has 0 radical (unpaired) electrons. The largest absolute Gasteiger partial charge is 0.460 e. The number of carbonyl (C=O) groups is 1. The number of hydrogen-bond acceptors (Lipinski definition) is 6. The van der Waals surface area contributed by atoms with Gasteiger partial charge in [0.1, 0.15) is 6.61 Å². The monoisotopic (exact) mass is 544 g/mol. The van der Waals surface area contributed by atoms with Gasteiger partial charge in [0.25, 0.3) is 5.56 Å². The van der Waals surface area contributed by atoms with Gasteiger partial charge in [-0.3, -0.25) is 9.36 Å². The fourth-order valence-corrected chi connectivity index (χ4v) is 4.98. The van der Waals surface area contributed by atoms with Crippen LogP contribution in [0.2, 0.25) is 10.0 Å². The predicted molar refractivity (Wildman–Crippen MR) is 135 cm³/mol. The molecule has 1 aromatic heterocycles. The first-order valence-electron chi connectivity index (χ1n) is 10.5. The van der Waals surface area contributed by atoms with Crippen molar-refractivity contribution in [2.24, 2.45) is 0 Å². The number of halogens is 2. The average molecular weight is 545 g/mol. The lowest BCUT2D eigenvalue weighted by Gasteiger charge is -2.14. The fourth-order valence-electron chi connectivity index (χ4n) is 3.37. The summed E-state index contributed by atoms with van der Waals surface area (Å²) in [5.41, 5.74) is -1.44. The molecule has 1 heterocycles. The Labute approximate surface area is 215 Å². The minimum absolute atomic E-state index is 0.107. The lowest BCUT2D eigenvalue weighted by atomic mass is 10.2. The second-order valence-electron chi connectivity index (χ2n) is 7.55. The highest BCUT2D eigenvalue weighted by Crippen LogP contribution is 2.18. The van der Waals surface area contributed by atoms with Gasteiger partial charge < -0.3 is 4.74 Å². The van der Waals surface area contributed by atoms with Gasteiger partial charge in [0.15, 0.2) is 4.90 Å². The van der Waals surface area contributed by atoms with Crippen molar-refractivity contribution in [1.82, 2.24) is 9.13 Å². The molecule has 0 aliphatic heterocycles. The first-order valence-corrected chi connectivity index (χ1v) is 12.8. The van der Waals surface area contributed by atoms with Crippen LogP contribution in [0.15, 0.2) is 104 Å². The summed E-state index contributed by atoms with van der Waals surface area (Å²) in [6.45, 7) is -0.464. The Morgan fingerprint density at radius 3 is 2.03 bits per heavy atom. The smallest absolute Gasteiger partial charge is 0.338 e. The Balaban J connectivity index is 1.75. The zero-order valence-corrected chi connectivity index (χ0v) is 20.8. The molecular formula is C25H18Cl2N2O6S. The van der Waals surface area contributed by atoms with Gasteiger partial charge in [-0.2, -0.15) is 0 Å². The van der Waals surface area contributed by atoms with Gasteiger partial charge in [-0.1, -0.05) is 41.4 Å². The van der Waals surface area contributed by atoms with Gasteiger partial charge >= 0.3 is 11.7 Å². The molecule has 0 N–H and O–H groups in total. The average Bonchev–Trinajstić information content (AvgIpc) is 2.87. The molecule has 3 aromatic carbocycles. The maximum absolute atomic E-state index is 13.3. The van der Waals surface area contributed by atoms with E-state index in [0.29, 0.717) is 10.0 Å². The van der Waals surface area contributed by atoms with Crippen molar-refractivity contribution in [1.29, 1.82) is 0 Å². The Morgan fingerprint density at radius 1 is 0.833 bits per heavy atom. The third-order valence-corrected chi connectivity index (χ3v) is 7.45. The number of aromatic nitrogens is 2. The van der Waals surface area contributed by atoms with Gasteiger partial charge in [0.2, 0.25) is 9.84 Å². The van der Waals surface area contributed by atoms with E-state index in [4.69, 9.17) is 27.9 Å². The van der Waals surface area contributed by atoms with Crippen LogP contribution in [-0.4, -0.2) is 30.1 Å². The Kier molecular flexibility index (Phi) is 7.44. The van der Waals surface area contributed by atoms with Crippen LogP contribution in [-0.2, 0) is 21.1 Å². The predicted octanol–water partition coefficient (Wildman–Crippen LogP) is 4.00. The standard InChI is InChI=1S/C25H18Cl2N2O6S/c26-18-8-6-17(7-9-18)24(31)35-15-14-28-16-22(36(33,34)21-4-2-1-3-5-21)23(30)29(25(28)32)20-12-10-19(27)11-13-20/h1-13,16H,14-15H2. The number of rotatable bonds is 7. The quantitative estimate of drug-likeness (QED) is 0.326. The number of sulfone groups is 1. The van der Waals surface area contributed by atoms with Crippen LogP contribution >= 0.6 is 23.2 Å². The van der Waals surface area contributed by atoms with Crippen LogP contribution < -0.4 is 11.2 Å². The lowest BCUT2D eigenvalue weighted by Crippen LogP contribution is -2.41. The zero-order valence-electron chi connectivity index (χ0n) is 18.5. The molecule has 0 aliphatic rings. The minimum Gasteiger partial charge on any atom is -0.460 e. The highest BCUT2D eigenvalue weighted by Gasteiger charge is 2.25. The summed E-state index contributed by atoms with van der Waals surface area (Å²) in [6, 6.07) is 19.2. The number of nitrogens with zero attached hydrogens (tertiary/aromatic N) is 2. The summed E-state index contributed by atoms with van der Waals surface area (Å²) < 4.78 is 33.6. The molecule has 0 aliphatic carbocycles.